The Morgan fingerprint density at radius 1 is 1.47 bits per heavy atom. The SMILES string of the molecule is CC1(CNS(=O)(=O)c2ccc(F)c(C(=O)O)c2)CC1. The summed E-state index contributed by atoms with van der Waals surface area (Å²) in [7, 11) is -3.81. The van der Waals surface area contributed by atoms with Crippen LogP contribution in [0.25, 0.3) is 0 Å². The molecule has 0 unspecified atom stereocenters. The highest BCUT2D eigenvalue weighted by Gasteiger charge is 2.38. The highest BCUT2D eigenvalue weighted by Crippen LogP contribution is 2.44. The van der Waals surface area contributed by atoms with E-state index in [1.807, 2.05) is 6.92 Å². The molecule has 0 aliphatic heterocycles. The molecule has 2 rings (SSSR count). The predicted octanol–water partition coefficient (Wildman–Crippen LogP) is 1.60. The summed E-state index contributed by atoms with van der Waals surface area (Å²) in [5.74, 6) is -2.45. The lowest BCUT2D eigenvalue weighted by Crippen LogP contribution is -2.29. The van der Waals surface area contributed by atoms with Crippen LogP contribution in [0.3, 0.4) is 0 Å². The van der Waals surface area contributed by atoms with Crippen molar-refractivity contribution in [3.05, 3.63) is 29.6 Å². The minimum atomic E-state index is -3.81. The van der Waals surface area contributed by atoms with Crippen LogP contribution in [0.1, 0.15) is 30.1 Å². The van der Waals surface area contributed by atoms with Crippen molar-refractivity contribution in [1.29, 1.82) is 0 Å². The molecule has 0 bridgehead atoms. The van der Waals surface area contributed by atoms with Crippen molar-refractivity contribution >= 4 is 16.0 Å². The number of aromatic carboxylic acids is 1. The van der Waals surface area contributed by atoms with Gasteiger partial charge in [0.15, 0.2) is 0 Å². The number of rotatable bonds is 5. The molecule has 0 atom stereocenters. The lowest BCUT2D eigenvalue weighted by atomic mass is 10.2. The molecular weight excluding hydrogens is 273 g/mol. The maximum absolute atomic E-state index is 13.2. The molecule has 0 heterocycles. The van der Waals surface area contributed by atoms with E-state index in [0.29, 0.717) is 6.54 Å². The summed E-state index contributed by atoms with van der Waals surface area (Å²) in [6, 6.07) is 2.73. The van der Waals surface area contributed by atoms with E-state index in [-0.39, 0.29) is 10.3 Å². The number of hydrogen-bond donors (Lipinski definition) is 2. The lowest BCUT2D eigenvalue weighted by molar-refractivity contribution is 0.0691. The second kappa shape index (κ2) is 4.57. The molecule has 19 heavy (non-hydrogen) atoms. The molecule has 0 radical (unpaired) electrons. The van der Waals surface area contributed by atoms with Crippen molar-refractivity contribution in [2.45, 2.75) is 24.7 Å². The normalized spacial score (nSPS) is 17.2. The van der Waals surface area contributed by atoms with Crippen LogP contribution >= 0.6 is 0 Å². The van der Waals surface area contributed by atoms with Crippen LogP contribution < -0.4 is 4.72 Å². The van der Waals surface area contributed by atoms with Gasteiger partial charge in [-0.15, -0.1) is 0 Å². The summed E-state index contributed by atoms with van der Waals surface area (Å²) in [5.41, 5.74) is -0.663. The van der Waals surface area contributed by atoms with Crippen LogP contribution in [0.5, 0.6) is 0 Å². The molecule has 0 saturated heterocycles. The van der Waals surface area contributed by atoms with E-state index in [1.165, 1.54) is 0 Å². The Hall–Kier alpha value is -1.47. The van der Waals surface area contributed by atoms with Crippen molar-refractivity contribution in [2.24, 2.45) is 5.41 Å². The summed E-state index contributed by atoms with van der Waals surface area (Å²) in [6.45, 7) is 2.26. The van der Waals surface area contributed by atoms with Crippen molar-refractivity contribution < 1.29 is 22.7 Å². The van der Waals surface area contributed by atoms with Gasteiger partial charge < -0.3 is 5.11 Å². The Bertz CT molecular complexity index is 623. The van der Waals surface area contributed by atoms with E-state index >= 15 is 0 Å². The first-order valence-electron chi connectivity index (χ1n) is 5.76. The maximum atomic E-state index is 13.2. The fourth-order valence-electron chi connectivity index (χ4n) is 1.58. The quantitative estimate of drug-likeness (QED) is 0.861. The number of halogens is 1. The summed E-state index contributed by atoms with van der Waals surface area (Å²) in [4.78, 5) is 10.5. The van der Waals surface area contributed by atoms with Crippen molar-refractivity contribution in [1.82, 2.24) is 4.72 Å². The lowest BCUT2D eigenvalue weighted by Gasteiger charge is -2.11. The van der Waals surface area contributed by atoms with Gasteiger partial charge in [-0.1, -0.05) is 6.92 Å². The number of carboxylic acid groups (broad SMARTS) is 1. The Labute approximate surface area is 110 Å². The van der Waals surface area contributed by atoms with Gasteiger partial charge in [0.2, 0.25) is 10.0 Å². The Kier molecular flexibility index (Phi) is 3.36. The maximum Gasteiger partial charge on any atom is 0.338 e. The second-order valence-electron chi connectivity index (χ2n) is 5.08. The van der Waals surface area contributed by atoms with Gasteiger partial charge in [0, 0.05) is 6.54 Å². The standard InChI is InChI=1S/C12H14FNO4S/c1-12(4-5-12)7-14-19(17,18)8-2-3-10(13)9(6-8)11(15)16/h2-3,6,14H,4-5,7H2,1H3,(H,15,16). The molecule has 1 fully saturated rings. The van der Waals surface area contributed by atoms with Crippen molar-refractivity contribution in [3.8, 4) is 0 Å². The van der Waals surface area contributed by atoms with Crippen LogP contribution in [0, 0.1) is 11.2 Å². The second-order valence-corrected chi connectivity index (χ2v) is 6.85. The van der Waals surface area contributed by atoms with E-state index in [9.17, 15) is 17.6 Å². The van der Waals surface area contributed by atoms with E-state index in [4.69, 9.17) is 5.11 Å². The van der Waals surface area contributed by atoms with Crippen LogP contribution in [0.15, 0.2) is 23.1 Å². The number of benzene rings is 1. The molecule has 1 saturated carbocycles. The largest absolute Gasteiger partial charge is 0.478 e. The average Bonchev–Trinajstić information content (AvgIpc) is 3.06. The zero-order valence-corrected chi connectivity index (χ0v) is 11.1. The number of carboxylic acids is 1. The Morgan fingerprint density at radius 3 is 2.63 bits per heavy atom. The molecule has 2 N–H and O–H groups in total. The van der Waals surface area contributed by atoms with E-state index < -0.39 is 27.4 Å². The fraction of sp³-hybridized carbons (Fsp3) is 0.417. The molecule has 1 aromatic carbocycles. The first-order chi connectivity index (χ1) is 8.73. The van der Waals surface area contributed by atoms with Crippen LogP contribution in [0.4, 0.5) is 4.39 Å². The molecule has 0 spiro atoms. The average molecular weight is 287 g/mol. The minimum absolute atomic E-state index is 0.0112. The van der Waals surface area contributed by atoms with Crippen LogP contribution in [0.2, 0.25) is 0 Å². The van der Waals surface area contributed by atoms with E-state index in [2.05, 4.69) is 4.72 Å². The molecule has 1 aliphatic rings. The van der Waals surface area contributed by atoms with Gasteiger partial charge in [-0.2, -0.15) is 0 Å². The molecule has 1 aromatic rings. The van der Waals surface area contributed by atoms with Gasteiger partial charge in [-0.25, -0.2) is 22.3 Å². The third-order valence-corrected chi connectivity index (χ3v) is 4.67. The highest BCUT2D eigenvalue weighted by molar-refractivity contribution is 7.89. The number of carbonyl (C=O) groups is 1. The van der Waals surface area contributed by atoms with Crippen molar-refractivity contribution in [3.63, 3.8) is 0 Å². The van der Waals surface area contributed by atoms with Gasteiger partial charge in [-0.05, 0) is 36.5 Å². The summed E-state index contributed by atoms with van der Waals surface area (Å²) >= 11 is 0. The molecule has 7 heteroatoms. The van der Waals surface area contributed by atoms with Crippen molar-refractivity contribution in [2.75, 3.05) is 6.54 Å². The van der Waals surface area contributed by atoms with E-state index in [1.54, 1.807) is 0 Å². The van der Waals surface area contributed by atoms with Gasteiger partial charge in [0.05, 0.1) is 10.5 Å². The molecule has 104 valence electrons. The fourth-order valence-corrected chi connectivity index (χ4v) is 2.80. The predicted molar refractivity (Wildman–Crippen MR) is 65.9 cm³/mol. The van der Waals surface area contributed by atoms with Gasteiger partial charge in [0.1, 0.15) is 5.82 Å². The molecule has 5 nitrogen and oxygen atoms in total. The first kappa shape index (κ1) is 14.0. The topological polar surface area (TPSA) is 83.5 Å². The Balaban J connectivity index is 2.24. The smallest absolute Gasteiger partial charge is 0.338 e. The first-order valence-corrected chi connectivity index (χ1v) is 7.24. The highest BCUT2D eigenvalue weighted by atomic mass is 32.2. The zero-order valence-electron chi connectivity index (χ0n) is 10.3. The Morgan fingerprint density at radius 2 is 2.11 bits per heavy atom. The van der Waals surface area contributed by atoms with Crippen LogP contribution in [-0.4, -0.2) is 26.0 Å². The zero-order chi connectivity index (χ0) is 14.3. The van der Waals surface area contributed by atoms with Gasteiger partial charge in [-0.3, -0.25) is 0 Å². The number of sulfonamides is 1. The third-order valence-electron chi connectivity index (χ3n) is 3.27. The summed E-state index contributed by atoms with van der Waals surface area (Å²) in [6.07, 6.45) is 1.92. The molecule has 1 aliphatic carbocycles. The monoisotopic (exact) mass is 287 g/mol. The molecule has 0 aromatic heterocycles. The number of hydrogen-bond acceptors (Lipinski definition) is 3. The van der Waals surface area contributed by atoms with Gasteiger partial charge >= 0.3 is 5.97 Å². The number of nitrogens with one attached hydrogen (secondary N) is 1. The molecule has 0 amide bonds. The van der Waals surface area contributed by atoms with Crippen LogP contribution in [-0.2, 0) is 10.0 Å². The van der Waals surface area contributed by atoms with E-state index in [0.717, 1.165) is 31.0 Å². The minimum Gasteiger partial charge on any atom is -0.478 e. The summed E-state index contributed by atoms with van der Waals surface area (Å²) in [5, 5.41) is 8.77. The van der Waals surface area contributed by atoms with Gasteiger partial charge in [0.25, 0.3) is 0 Å². The molecular formula is C12H14FNO4S. The summed E-state index contributed by atoms with van der Waals surface area (Å²) < 4.78 is 39.6. The third kappa shape index (κ3) is 3.10.